The van der Waals surface area contributed by atoms with Crippen LogP contribution in [0.1, 0.15) is 85.9 Å². The van der Waals surface area contributed by atoms with Gasteiger partial charge in [0.05, 0.1) is 35.5 Å². The van der Waals surface area contributed by atoms with Gasteiger partial charge in [0, 0.05) is 82.7 Å². The number of carbonyl (C=O) groups is 1. The van der Waals surface area contributed by atoms with Crippen molar-refractivity contribution >= 4 is 22.4 Å². The second-order valence-corrected chi connectivity index (χ2v) is 19.8. The zero-order valence-electron chi connectivity index (χ0n) is 38.6. The minimum atomic E-state index is -1.73. The highest BCUT2D eigenvalue weighted by Gasteiger charge is 2.50. The Balaban J connectivity index is 1.28. The van der Waals surface area contributed by atoms with Crippen LogP contribution < -0.4 is 4.90 Å². The van der Waals surface area contributed by atoms with Gasteiger partial charge in [0.2, 0.25) is 0 Å². The van der Waals surface area contributed by atoms with Crippen molar-refractivity contribution in [3.05, 3.63) is 47.0 Å². The molecule has 3 aliphatic rings. The van der Waals surface area contributed by atoms with E-state index >= 15 is 0 Å². The number of aromatic nitrogens is 1. The molecule has 2 aromatic rings. The maximum Gasteiger partial charge on any atom is 0.311 e. The summed E-state index contributed by atoms with van der Waals surface area (Å²) in [4.78, 5) is 27.8. The number of hydrogen-bond acceptors (Lipinski definition) is 15. The summed E-state index contributed by atoms with van der Waals surface area (Å²) in [6.45, 7) is 20.4. The van der Waals surface area contributed by atoms with Crippen molar-refractivity contribution in [2.45, 2.75) is 154 Å². The number of methoxy groups -OCH3 is 1. The van der Waals surface area contributed by atoms with Gasteiger partial charge in [-0.05, 0) is 79.5 Å². The van der Waals surface area contributed by atoms with Gasteiger partial charge in [-0.2, -0.15) is 0 Å². The Morgan fingerprint density at radius 3 is 2.34 bits per heavy atom. The fourth-order valence-electron chi connectivity index (χ4n) is 10.0. The van der Waals surface area contributed by atoms with Gasteiger partial charge >= 0.3 is 5.97 Å². The SMILES string of the molecule is CC[C@H]1OC(=O)[C@H](C)[C@@H](OC)[C@H](C)[C@@H](O[C@@H]2O[C@H](C)C[C@H](N(C)CCc3csc(N4CCN(Cc5ccccc5)CC4)n3)[C@H]2O)[C@](C)(O)C[C@@H](C)CN(C)[C@H](C)[C@@H](O)[C@]1(C)O. The van der Waals surface area contributed by atoms with Crippen LogP contribution in [0.3, 0.4) is 0 Å². The number of ether oxygens (including phenoxy) is 4. The van der Waals surface area contributed by atoms with Crippen LogP contribution in [0.4, 0.5) is 5.13 Å². The van der Waals surface area contributed by atoms with Crippen molar-refractivity contribution in [2.24, 2.45) is 17.8 Å². The lowest BCUT2D eigenvalue weighted by atomic mass is 9.78. The maximum atomic E-state index is 13.8. The number of piperazine rings is 1. The van der Waals surface area contributed by atoms with Gasteiger partial charge in [0.15, 0.2) is 11.4 Å². The number of hydrogen-bond donors (Lipinski definition) is 4. The first kappa shape index (κ1) is 49.7. The van der Waals surface area contributed by atoms with Crippen molar-refractivity contribution in [1.29, 1.82) is 0 Å². The van der Waals surface area contributed by atoms with E-state index in [9.17, 15) is 25.2 Å². The Bertz CT molecular complexity index is 1640. The highest BCUT2D eigenvalue weighted by atomic mass is 32.1. The molecule has 4 heterocycles. The second kappa shape index (κ2) is 21.6. The first-order valence-electron chi connectivity index (χ1n) is 22.5. The van der Waals surface area contributed by atoms with Crippen molar-refractivity contribution in [3.8, 4) is 0 Å². The van der Waals surface area contributed by atoms with Gasteiger partial charge < -0.3 is 54.1 Å². The highest BCUT2D eigenvalue weighted by molar-refractivity contribution is 7.13. The topological polar surface area (TPSA) is 161 Å². The molecule has 61 heavy (non-hydrogen) atoms. The monoisotopic (exact) mass is 876 g/mol. The summed E-state index contributed by atoms with van der Waals surface area (Å²) in [6, 6.07) is 9.81. The molecular formula is C46H77N5O9S. The largest absolute Gasteiger partial charge is 0.459 e. The van der Waals surface area contributed by atoms with Crippen LogP contribution in [0.25, 0.3) is 0 Å². The molecule has 3 fully saturated rings. The van der Waals surface area contributed by atoms with E-state index in [1.807, 2.05) is 46.7 Å². The number of cyclic esters (lactones) is 1. The fourth-order valence-corrected chi connectivity index (χ4v) is 10.9. The quantitative estimate of drug-likeness (QED) is 0.240. The van der Waals surface area contributed by atoms with E-state index in [1.165, 1.54) is 19.6 Å². The summed E-state index contributed by atoms with van der Waals surface area (Å²) in [7, 11) is 5.39. The minimum absolute atomic E-state index is 0.0909. The normalized spacial score (nSPS) is 38.2. The molecule has 0 bridgehead atoms. The van der Waals surface area contributed by atoms with Crippen LogP contribution in [0.15, 0.2) is 35.7 Å². The first-order chi connectivity index (χ1) is 28.8. The average Bonchev–Trinajstić information content (AvgIpc) is 3.70. The van der Waals surface area contributed by atoms with E-state index in [1.54, 1.807) is 32.1 Å². The van der Waals surface area contributed by atoms with Crippen LogP contribution >= 0.6 is 11.3 Å². The molecule has 5 rings (SSSR count). The molecule has 3 saturated heterocycles. The zero-order valence-corrected chi connectivity index (χ0v) is 39.5. The molecule has 0 aliphatic carbocycles. The van der Waals surface area contributed by atoms with Crippen LogP contribution in [0.2, 0.25) is 0 Å². The number of benzene rings is 1. The van der Waals surface area contributed by atoms with Crippen LogP contribution in [-0.2, 0) is 36.7 Å². The molecule has 1 aromatic heterocycles. The maximum absolute atomic E-state index is 13.8. The standard InChI is InChI=1S/C46H77N5O9S/c1-12-37-46(8,56)40(53)33(6)49(10)26-29(2)25-45(7,55)41(31(4)39(57-11)32(5)42(54)59-37)60-43-38(52)36(24-30(3)58-43)48(9)19-18-35-28-61-44(47-35)51-22-20-50(21-23-51)27-34-16-14-13-15-17-34/h13-17,28-33,36-41,43,52-53,55-56H,12,18-27H2,1-11H3/t29-,30-,31+,32-,33-,36+,37-,38-,39+,40-,41-,43+,45-,46-/m1/s1. The third-order valence-corrected chi connectivity index (χ3v) is 14.7. The molecule has 3 aliphatic heterocycles. The molecular weight excluding hydrogens is 799 g/mol. The lowest BCUT2D eigenvalue weighted by Crippen LogP contribution is -2.59. The molecule has 0 unspecified atom stereocenters. The van der Waals surface area contributed by atoms with Gasteiger partial charge in [0.25, 0.3) is 0 Å². The molecule has 15 heteroatoms. The molecule has 0 spiro atoms. The lowest BCUT2D eigenvalue weighted by Gasteiger charge is -2.47. The third-order valence-electron chi connectivity index (χ3n) is 13.8. The van der Waals surface area contributed by atoms with Gasteiger partial charge in [-0.25, -0.2) is 4.98 Å². The minimum Gasteiger partial charge on any atom is -0.459 e. The molecule has 14 nitrogen and oxygen atoms in total. The smallest absolute Gasteiger partial charge is 0.311 e. The van der Waals surface area contributed by atoms with Crippen molar-refractivity contribution < 1.29 is 44.2 Å². The predicted molar refractivity (Wildman–Crippen MR) is 238 cm³/mol. The summed E-state index contributed by atoms with van der Waals surface area (Å²) in [5, 5.41) is 50.7. The summed E-state index contributed by atoms with van der Waals surface area (Å²) >= 11 is 1.69. The van der Waals surface area contributed by atoms with Crippen LogP contribution in [0, 0.1) is 17.8 Å². The molecule has 346 valence electrons. The zero-order chi connectivity index (χ0) is 44.8. The average molecular weight is 876 g/mol. The summed E-state index contributed by atoms with van der Waals surface area (Å²) in [6.07, 6.45) is -4.42. The van der Waals surface area contributed by atoms with Crippen LogP contribution in [-0.4, -0.2) is 173 Å². The molecule has 1 aromatic carbocycles. The number of likely N-dealkylation sites (N-methyl/N-ethyl adjacent to an activating group) is 2. The predicted octanol–water partition coefficient (Wildman–Crippen LogP) is 4.02. The van der Waals surface area contributed by atoms with E-state index in [-0.39, 0.29) is 24.5 Å². The molecule has 14 atom stereocenters. The Morgan fingerprint density at radius 2 is 1.70 bits per heavy atom. The number of nitrogens with zero attached hydrogens (tertiary/aromatic N) is 5. The highest BCUT2D eigenvalue weighted by Crippen LogP contribution is 2.37. The van der Waals surface area contributed by atoms with E-state index in [4.69, 9.17) is 23.9 Å². The van der Waals surface area contributed by atoms with Crippen molar-refractivity contribution in [1.82, 2.24) is 19.7 Å². The number of rotatable bonds is 11. The fraction of sp³-hybridized carbons (Fsp3) is 0.783. The number of esters is 1. The van der Waals surface area contributed by atoms with Crippen molar-refractivity contribution in [2.75, 3.05) is 65.4 Å². The van der Waals surface area contributed by atoms with E-state index in [0.29, 0.717) is 25.9 Å². The number of anilines is 1. The number of carbonyl (C=O) groups excluding carboxylic acids is 1. The van der Waals surface area contributed by atoms with Gasteiger partial charge in [-0.1, -0.05) is 51.1 Å². The summed E-state index contributed by atoms with van der Waals surface area (Å²) in [5.41, 5.74) is -0.842. The molecule has 4 N–H and O–H groups in total. The van der Waals surface area contributed by atoms with E-state index in [0.717, 1.165) is 50.0 Å². The Kier molecular flexibility index (Phi) is 17.6. The second-order valence-electron chi connectivity index (χ2n) is 19.0. The number of aliphatic hydroxyl groups excluding tert-OH is 2. The summed E-state index contributed by atoms with van der Waals surface area (Å²) < 4.78 is 25.1. The Morgan fingerprint density at radius 1 is 1.03 bits per heavy atom. The third kappa shape index (κ3) is 12.3. The Labute approximate surface area is 369 Å². The molecule has 0 amide bonds. The summed E-state index contributed by atoms with van der Waals surface area (Å²) in [5.74, 6) is -2.11. The van der Waals surface area contributed by atoms with Gasteiger partial charge in [0.1, 0.15) is 23.9 Å². The number of thiazole rings is 1. The van der Waals surface area contributed by atoms with Crippen LogP contribution in [0.5, 0.6) is 0 Å². The number of aliphatic hydroxyl groups is 4. The first-order valence-corrected chi connectivity index (χ1v) is 23.4. The van der Waals surface area contributed by atoms with Gasteiger partial charge in [-0.15, -0.1) is 11.3 Å². The van der Waals surface area contributed by atoms with Gasteiger partial charge in [-0.3, -0.25) is 9.69 Å². The molecule has 0 saturated carbocycles. The molecule has 0 radical (unpaired) electrons. The Hall–Kier alpha value is -2.28. The lowest BCUT2D eigenvalue weighted by molar-refractivity contribution is -0.300. The van der Waals surface area contributed by atoms with Crippen molar-refractivity contribution in [3.63, 3.8) is 0 Å². The van der Waals surface area contributed by atoms with E-state index < -0.39 is 71.9 Å². The van der Waals surface area contributed by atoms with E-state index in [2.05, 4.69) is 50.4 Å².